The minimum atomic E-state index is -2.70. The molecule has 2 N–H and O–H groups in total. The van der Waals surface area contributed by atoms with Gasteiger partial charge in [-0.15, -0.1) is 0 Å². The molecule has 0 spiro atoms. The molecule has 0 saturated heterocycles. The van der Waals surface area contributed by atoms with Gasteiger partial charge in [0.2, 0.25) is 0 Å². The summed E-state index contributed by atoms with van der Waals surface area (Å²) in [5.74, 6) is -2.70. The summed E-state index contributed by atoms with van der Waals surface area (Å²) in [7, 11) is 0. The van der Waals surface area contributed by atoms with E-state index in [1.165, 1.54) is 0 Å². The van der Waals surface area contributed by atoms with Gasteiger partial charge in [-0.2, -0.15) is 0 Å². The SMILES string of the molecule is FC1(F)CNc2ccc(Br)cc2NC1. The topological polar surface area (TPSA) is 24.1 Å². The molecule has 0 saturated carbocycles. The van der Waals surface area contributed by atoms with Crippen LogP contribution in [-0.2, 0) is 0 Å². The molecule has 0 amide bonds. The van der Waals surface area contributed by atoms with E-state index in [4.69, 9.17) is 0 Å². The zero-order valence-electron chi connectivity index (χ0n) is 7.28. The lowest BCUT2D eigenvalue weighted by molar-refractivity contribution is 0.0309. The average Bonchev–Trinajstić information content (AvgIpc) is 2.26. The van der Waals surface area contributed by atoms with Crippen molar-refractivity contribution in [1.82, 2.24) is 0 Å². The van der Waals surface area contributed by atoms with Gasteiger partial charge >= 0.3 is 0 Å². The first kappa shape index (κ1) is 9.71. The Hall–Kier alpha value is -0.840. The van der Waals surface area contributed by atoms with Crippen LogP contribution in [0.3, 0.4) is 0 Å². The van der Waals surface area contributed by atoms with Gasteiger partial charge in [-0.05, 0) is 18.2 Å². The van der Waals surface area contributed by atoms with Gasteiger partial charge in [0.25, 0.3) is 5.92 Å². The summed E-state index contributed by atoms with van der Waals surface area (Å²) in [5.41, 5.74) is 1.42. The zero-order valence-corrected chi connectivity index (χ0v) is 8.87. The maximum atomic E-state index is 13.0. The van der Waals surface area contributed by atoms with Crippen LogP contribution in [0.15, 0.2) is 22.7 Å². The summed E-state index contributed by atoms with van der Waals surface area (Å²) in [6, 6.07) is 5.37. The minimum absolute atomic E-state index is 0.325. The summed E-state index contributed by atoms with van der Waals surface area (Å²) in [6.45, 7) is -0.655. The lowest BCUT2D eigenvalue weighted by atomic mass is 10.2. The number of hydrogen-bond donors (Lipinski definition) is 2. The molecule has 1 aliphatic heterocycles. The van der Waals surface area contributed by atoms with E-state index in [0.29, 0.717) is 11.4 Å². The number of fused-ring (bicyclic) bond motifs is 1. The Balaban J connectivity index is 2.30. The number of rotatable bonds is 0. The van der Waals surface area contributed by atoms with Crippen molar-refractivity contribution in [3.63, 3.8) is 0 Å². The predicted octanol–water partition coefficient (Wildman–Crippen LogP) is 2.92. The third kappa shape index (κ3) is 1.97. The Morgan fingerprint density at radius 2 is 1.79 bits per heavy atom. The van der Waals surface area contributed by atoms with Crippen LogP contribution in [0.2, 0.25) is 0 Å². The van der Waals surface area contributed by atoms with Crippen LogP contribution < -0.4 is 10.6 Å². The average molecular weight is 263 g/mol. The lowest BCUT2D eigenvalue weighted by Crippen LogP contribution is -2.32. The van der Waals surface area contributed by atoms with Gasteiger partial charge in [0.1, 0.15) is 0 Å². The van der Waals surface area contributed by atoms with Gasteiger partial charge in [-0.25, -0.2) is 8.78 Å². The maximum absolute atomic E-state index is 13.0. The molecule has 0 bridgehead atoms. The fourth-order valence-electron chi connectivity index (χ4n) is 1.33. The molecule has 0 radical (unpaired) electrons. The van der Waals surface area contributed by atoms with Gasteiger partial charge in [0.15, 0.2) is 0 Å². The molecule has 0 aromatic heterocycles. The van der Waals surface area contributed by atoms with E-state index in [0.717, 1.165) is 4.47 Å². The van der Waals surface area contributed by atoms with Crippen molar-refractivity contribution in [3.05, 3.63) is 22.7 Å². The van der Waals surface area contributed by atoms with E-state index in [2.05, 4.69) is 26.6 Å². The maximum Gasteiger partial charge on any atom is 0.281 e. The van der Waals surface area contributed by atoms with E-state index < -0.39 is 5.92 Å². The Morgan fingerprint density at radius 1 is 1.14 bits per heavy atom. The monoisotopic (exact) mass is 262 g/mol. The Bertz CT molecular complexity index is 355. The van der Waals surface area contributed by atoms with Gasteiger partial charge < -0.3 is 10.6 Å². The summed E-state index contributed by atoms with van der Waals surface area (Å²) >= 11 is 3.29. The van der Waals surface area contributed by atoms with Crippen molar-refractivity contribution in [1.29, 1.82) is 0 Å². The van der Waals surface area contributed by atoms with Gasteiger partial charge in [0.05, 0.1) is 24.5 Å². The standard InChI is InChI=1S/C9H9BrF2N2/c10-6-1-2-7-8(3-6)14-5-9(11,12)4-13-7/h1-3,13-14H,4-5H2. The van der Waals surface area contributed by atoms with Gasteiger partial charge in [0, 0.05) is 4.47 Å². The number of halogens is 3. The second kappa shape index (κ2) is 3.38. The van der Waals surface area contributed by atoms with Gasteiger partial charge in [-0.3, -0.25) is 0 Å². The molecule has 76 valence electrons. The number of alkyl halides is 2. The summed E-state index contributed by atoms with van der Waals surface area (Å²) in [4.78, 5) is 0. The van der Waals surface area contributed by atoms with E-state index in [9.17, 15) is 8.78 Å². The molecule has 2 nitrogen and oxygen atoms in total. The van der Waals surface area contributed by atoms with E-state index in [-0.39, 0.29) is 13.1 Å². The number of benzene rings is 1. The van der Waals surface area contributed by atoms with E-state index >= 15 is 0 Å². The van der Waals surface area contributed by atoms with Gasteiger partial charge in [-0.1, -0.05) is 15.9 Å². The smallest absolute Gasteiger partial charge is 0.281 e. The van der Waals surface area contributed by atoms with E-state index in [1.54, 1.807) is 12.1 Å². The first-order valence-corrected chi connectivity index (χ1v) is 5.01. The highest BCUT2D eigenvalue weighted by molar-refractivity contribution is 9.10. The van der Waals surface area contributed by atoms with Crippen molar-refractivity contribution in [2.24, 2.45) is 0 Å². The van der Waals surface area contributed by atoms with Crippen LogP contribution in [0, 0.1) is 0 Å². The molecule has 0 unspecified atom stereocenters. The van der Waals surface area contributed by atoms with Crippen molar-refractivity contribution in [2.45, 2.75) is 5.92 Å². The molecular weight excluding hydrogens is 254 g/mol. The molecule has 0 fully saturated rings. The molecule has 14 heavy (non-hydrogen) atoms. The summed E-state index contributed by atoms with van der Waals surface area (Å²) in [5, 5.41) is 5.42. The third-order valence-corrected chi connectivity index (χ3v) is 2.55. The van der Waals surface area contributed by atoms with Crippen LogP contribution in [0.1, 0.15) is 0 Å². The van der Waals surface area contributed by atoms with Crippen molar-refractivity contribution < 1.29 is 8.78 Å². The lowest BCUT2D eigenvalue weighted by Gasteiger charge is -2.12. The van der Waals surface area contributed by atoms with Crippen LogP contribution in [0.5, 0.6) is 0 Å². The molecule has 0 aliphatic carbocycles. The van der Waals surface area contributed by atoms with E-state index in [1.807, 2.05) is 6.07 Å². The molecule has 1 heterocycles. The molecule has 5 heteroatoms. The molecule has 1 aromatic carbocycles. The Labute approximate surface area is 88.8 Å². The molecular formula is C9H9BrF2N2. The number of anilines is 2. The predicted molar refractivity (Wildman–Crippen MR) is 56.1 cm³/mol. The Morgan fingerprint density at radius 3 is 2.50 bits per heavy atom. The van der Waals surface area contributed by atoms with Crippen LogP contribution in [0.4, 0.5) is 20.2 Å². The normalized spacial score (nSPS) is 18.8. The number of hydrogen-bond acceptors (Lipinski definition) is 2. The summed E-state index contributed by atoms with van der Waals surface area (Å²) in [6.07, 6.45) is 0. The van der Waals surface area contributed by atoms with Crippen LogP contribution in [-0.4, -0.2) is 19.0 Å². The van der Waals surface area contributed by atoms with Crippen LogP contribution >= 0.6 is 15.9 Å². The minimum Gasteiger partial charge on any atom is -0.377 e. The first-order chi connectivity index (χ1) is 6.57. The fourth-order valence-corrected chi connectivity index (χ4v) is 1.69. The highest BCUT2D eigenvalue weighted by Crippen LogP contribution is 2.30. The largest absolute Gasteiger partial charge is 0.377 e. The molecule has 1 aliphatic rings. The quantitative estimate of drug-likeness (QED) is 0.752. The van der Waals surface area contributed by atoms with Crippen molar-refractivity contribution >= 4 is 27.3 Å². The fraction of sp³-hybridized carbons (Fsp3) is 0.333. The third-order valence-electron chi connectivity index (χ3n) is 2.06. The van der Waals surface area contributed by atoms with Crippen molar-refractivity contribution in [3.8, 4) is 0 Å². The summed E-state index contributed by atoms with van der Waals surface area (Å²) < 4.78 is 26.9. The second-order valence-electron chi connectivity index (χ2n) is 3.25. The zero-order chi connectivity index (χ0) is 10.2. The number of nitrogens with one attached hydrogen (secondary N) is 2. The second-order valence-corrected chi connectivity index (χ2v) is 4.17. The molecule has 0 atom stereocenters. The highest BCUT2D eigenvalue weighted by atomic mass is 79.9. The molecule has 1 aromatic rings. The Kier molecular flexibility index (Phi) is 2.34. The van der Waals surface area contributed by atoms with Crippen LogP contribution in [0.25, 0.3) is 0 Å². The van der Waals surface area contributed by atoms with Crippen molar-refractivity contribution in [2.75, 3.05) is 23.7 Å². The first-order valence-electron chi connectivity index (χ1n) is 4.22. The highest BCUT2D eigenvalue weighted by Gasteiger charge is 2.31. The molecule has 2 rings (SSSR count).